The van der Waals surface area contributed by atoms with Crippen molar-refractivity contribution in [3.8, 4) is 0 Å². The molecule has 0 saturated carbocycles. The van der Waals surface area contributed by atoms with Gasteiger partial charge in [-0.05, 0) is 26.8 Å². The van der Waals surface area contributed by atoms with Gasteiger partial charge in [0.25, 0.3) is 0 Å². The maximum absolute atomic E-state index is 12.5. The number of halogens is 3. The largest absolute Gasteiger partial charge is 0.406 e. The second-order valence-corrected chi connectivity index (χ2v) is 4.34. The molecule has 0 radical (unpaired) electrons. The lowest BCUT2D eigenvalue weighted by atomic mass is 10.3. The molecule has 1 aromatic heterocycles. The van der Waals surface area contributed by atoms with Crippen LogP contribution in [0.4, 0.5) is 19.1 Å². The topological polar surface area (TPSA) is 55.0 Å². The van der Waals surface area contributed by atoms with Crippen LogP contribution in [0, 0.1) is 6.92 Å². The molecule has 0 amide bonds. The summed E-state index contributed by atoms with van der Waals surface area (Å²) in [5.74, 6) is 0.0720. The minimum absolute atomic E-state index is 0.0720. The molecule has 0 spiro atoms. The van der Waals surface area contributed by atoms with E-state index in [1.54, 1.807) is 26.8 Å². The second kappa shape index (κ2) is 5.51. The molecular weight excluding hydrogens is 245 g/mol. The van der Waals surface area contributed by atoms with Crippen LogP contribution < -0.4 is 10.6 Å². The predicted octanol–water partition coefficient (Wildman–Crippen LogP) is 2.02. The lowest BCUT2D eigenvalue weighted by Gasteiger charge is -2.28. The summed E-state index contributed by atoms with van der Waals surface area (Å²) in [7, 11) is 0. The number of aryl methyl sites for hydroxylation is 1. The van der Waals surface area contributed by atoms with Crippen LogP contribution >= 0.6 is 0 Å². The van der Waals surface area contributed by atoms with Gasteiger partial charge in [0.05, 0.1) is 5.69 Å². The number of nitrogens with zero attached hydrogens (tertiary/aromatic N) is 3. The predicted molar refractivity (Wildman–Crippen MR) is 63.2 cm³/mol. The Hall–Kier alpha value is -1.37. The smallest absolute Gasteiger partial charge is 0.329 e. The van der Waals surface area contributed by atoms with Crippen LogP contribution in [0.3, 0.4) is 0 Å². The molecule has 0 atom stereocenters. The van der Waals surface area contributed by atoms with E-state index in [9.17, 15) is 13.2 Å². The average molecular weight is 262 g/mol. The monoisotopic (exact) mass is 262 g/mol. The highest BCUT2D eigenvalue weighted by Crippen LogP contribution is 2.22. The Balaban J connectivity index is 3.09. The highest BCUT2D eigenvalue weighted by atomic mass is 19.4. The summed E-state index contributed by atoms with van der Waals surface area (Å²) in [5.41, 5.74) is 6.60. The van der Waals surface area contributed by atoms with Crippen LogP contribution in [0.2, 0.25) is 0 Å². The number of alkyl halides is 3. The Morgan fingerprint density at radius 1 is 1.33 bits per heavy atom. The molecule has 4 nitrogen and oxygen atoms in total. The minimum Gasteiger partial charge on any atom is -0.329 e. The van der Waals surface area contributed by atoms with E-state index in [0.29, 0.717) is 11.4 Å². The van der Waals surface area contributed by atoms with Gasteiger partial charge in [-0.1, -0.05) is 0 Å². The number of hydrogen-bond acceptors (Lipinski definition) is 4. The van der Waals surface area contributed by atoms with E-state index < -0.39 is 12.7 Å². The van der Waals surface area contributed by atoms with Gasteiger partial charge >= 0.3 is 6.18 Å². The number of hydrogen-bond donors (Lipinski definition) is 1. The van der Waals surface area contributed by atoms with Crippen LogP contribution in [0.1, 0.15) is 25.2 Å². The molecule has 0 fully saturated rings. The molecule has 0 bridgehead atoms. The lowest BCUT2D eigenvalue weighted by molar-refractivity contribution is -0.120. The molecule has 1 aromatic rings. The maximum Gasteiger partial charge on any atom is 0.406 e. The summed E-state index contributed by atoms with van der Waals surface area (Å²) in [5, 5.41) is 0. The third-order valence-corrected chi connectivity index (χ3v) is 2.33. The zero-order valence-electron chi connectivity index (χ0n) is 10.6. The van der Waals surface area contributed by atoms with E-state index in [4.69, 9.17) is 5.73 Å². The Morgan fingerprint density at radius 3 is 2.39 bits per heavy atom. The summed E-state index contributed by atoms with van der Waals surface area (Å²) < 4.78 is 37.5. The van der Waals surface area contributed by atoms with Crippen LogP contribution in [0.15, 0.2) is 6.07 Å². The van der Waals surface area contributed by atoms with Gasteiger partial charge in [0, 0.05) is 18.3 Å². The molecule has 0 aromatic carbocycles. The van der Waals surface area contributed by atoms with Crippen molar-refractivity contribution in [3.63, 3.8) is 0 Å². The SMILES string of the molecule is Cc1cc(CN)nc(N(CC(F)(F)F)C(C)C)n1. The third-order valence-electron chi connectivity index (χ3n) is 2.33. The van der Waals surface area contributed by atoms with Gasteiger partial charge in [0.2, 0.25) is 5.95 Å². The van der Waals surface area contributed by atoms with Gasteiger partial charge in [0.1, 0.15) is 6.54 Å². The van der Waals surface area contributed by atoms with Crippen molar-refractivity contribution in [2.75, 3.05) is 11.4 Å². The van der Waals surface area contributed by atoms with Crippen molar-refractivity contribution in [2.45, 2.75) is 39.5 Å². The van der Waals surface area contributed by atoms with Gasteiger partial charge in [-0.25, -0.2) is 9.97 Å². The molecule has 1 rings (SSSR count). The highest BCUT2D eigenvalue weighted by molar-refractivity contribution is 5.34. The lowest BCUT2D eigenvalue weighted by Crippen LogP contribution is -2.40. The average Bonchev–Trinajstić information content (AvgIpc) is 2.23. The summed E-state index contributed by atoms with van der Waals surface area (Å²) >= 11 is 0. The fraction of sp³-hybridized carbons (Fsp3) is 0.636. The number of anilines is 1. The van der Waals surface area contributed by atoms with E-state index in [1.807, 2.05) is 0 Å². The van der Waals surface area contributed by atoms with Crippen LogP contribution in [-0.4, -0.2) is 28.7 Å². The van der Waals surface area contributed by atoms with Crippen molar-refractivity contribution in [3.05, 3.63) is 17.5 Å². The van der Waals surface area contributed by atoms with Crippen LogP contribution in [0.5, 0.6) is 0 Å². The molecule has 18 heavy (non-hydrogen) atoms. The normalized spacial score (nSPS) is 12.0. The molecule has 2 N–H and O–H groups in total. The van der Waals surface area contributed by atoms with E-state index in [0.717, 1.165) is 4.90 Å². The van der Waals surface area contributed by atoms with Crippen LogP contribution in [-0.2, 0) is 6.54 Å². The quantitative estimate of drug-likeness (QED) is 0.902. The molecule has 0 aliphatic carbocycles. The zero-order valence-corrected chi connectivity index (χ0v) is 10.6. The van der Waals surface area contributed by atoms with E-state index in [2.05, 4.69) is 9.97 Å². The first-order valence-electron chi connectivity index (χ1n) is 5.61. The van der Waals surface area contributed by atoms with Crippen molar-refractivity contribution in [1.82, 2.24) is 9.97 Å². The second-order valence-electron chi connectivity index (χ2n) is 4.34. The third kappa shape index (κ3) is 4.14. The Morgan fingerprint density at radius 2 is 1.94 bits per heavy atom. The Bertz CT molecular complexity index is 404. The molecule has 102 valence electrons. The van der Waals surface area contributed by atoms with Gasteiger partial charge in [0.15, 0.2) is 0 Å². The number of rotatable bonds is 4. The molecule has 0 aliphatic heterocycles. The van der Waals surface area contributed by atoms with Crippen molar-refractivity contribution >= 4 is 5.95 Å². The molecular formula is C11H17F3N4. The zero-order chi connectivity index (χ0) is 13.9. The summed E-state index contributed by atoms with van der Waals surface area (Å²) in [6.45, 7) is 4.14. The first-order chi connectivity index (χ1) is 8.23. The fourth-order valence-electron chi connectivity index (χ4n) is 1.53. The molecule has 7 heteroatoms. The molecule has 0 unspecified atom stereocenters. The maximum atomic E-state index is 12.5. The summed E-state index contributed by atoms with van der Waals surface area (Å²) in [6, 6.07) is 1.31. The van der Waals surface area contributed by atoms with Gasteiger partial charge in [-0.3, -0.25) is 0 Å². The minimum atomic E-state index is -4.29. The van der Waals surface area contributed by atoms with E-state index in [-0.39, 0.29) is 18.5 Å². The molecule has 0 saturated heterocycles. The van der Waals surface area contributed by atoms with Gasteiger partial charge in [-0.2, -0.15) is 13.2 Å². The molecule has 0 aliphatic rings. The van der Waals surface area contributed by atoms with E-state index >= 15 is 0 Å². The molecule has 1 heterocycles. The standard InChI is InChI=1S/C11H17F3N4/c1-7(2)18(6-11(12,13)14)10-16-8(3)4-9(5-15)17-10/h4,7H,5-6,15H2,1-3H3. The first kappa shape index (κ1) is 14.7. The van der Waals surface area contributed by atoms with Crippen molar-refractivity contribution in [2.24, 2.45) is 5.73 Å². The highest BCUT2D eigenvalue weighted by Gasteiger charge is 2.33. The van der Waals surface area contributed by atoms with Crippen molar-refractivity contribution < 1.29 is 13.2 Å². The van der Waals surface area contributed by atoms with Crippen molar-refractivity contribution in [1.29, 1.82) is 0 Å². The van der Waals surface area contributed by atoms with Crippen LogP contribution in [0.25, 0.3) is 0 Å². The van der Waals surface area contributed by atoms with Gasteiger partial charge in [-0.15, -0.1) is 0 Å². The van der Waals surface area contributed by atoms with E-state index in [1.165, 1.54) is 0 Å². The Kier molecular flexibility index (Phi) is 4.50. The number of nitrogens with two attached hydrogens (primary N) is 1. The fourth-order valence-corrected chi connectivity index (χ4v) is 1.53. The first-order valence-corrected chi connectivity index (χ1v) is 5.61. The summed E-state index contributed by atoms with van der Waals surface area (Å²) in [4.78, 5) is 9.21. The number of aromatic nitrogens is 2. The van der Waals surface area contributed by atoms with Gasteiger partial charge < -0.3 is 10.6 Å². The Labute approximate surface area is 104 Å². The summed E-state index contributed by atoms with van der Waals surface area (Å²) in [6.07, 6.45) is -4.29.